The standard InChI is InChI=1S/C17H27FN6O/c1-13-20-17(25-21-13)5-4-8-22(2)11-16-9-14(18)10-24(16)12-15-6-7-19-23(15)3/h6-7,14,16H,4-5,8-12H2,1-3H3/t14-,16-/m0/s1. The normalized spacial score (nSPS) is 21.5. The molecule has 0 unspecified atom stereocenters. The SMILES string of the molecule is Cc1noc(CCCN(C)C[C@@H]2C[C@H](F)CN2Cc2ccnn2C)n1. The lowest BCUT2D eigenvalue weighted by molar-refractivity contribution is 0.179. The highest BCUT2D eigenvalue weighted by molar-refractivity contribution is 5.02. The van der Waals surface area contributed by atoms with Gasteiger partial charge in [0, 0.05) is 45.3 Å². The molecule has 7 nitrogen and oxygen atoms in total. The van der Waals surface area contributed by atoms with Crippen LogP contribution in [0.5, 0.6) is 0 Å². The molecule has 0 aromatic carbocycles. The van der Waals surface area contributed by atoms with E-state index in [1.807, 2.05) is 24.7 Å². The zero-order valence-electron chi connectivity index (χ0n) is 15.2. The maximum atomic E-state index is 14.0. The number of hydrogen-bond donors (Lipinski definition) is 0. The van der Waals surface area contributed by atoms with Crippen LogP contribution in [-0.2, 0) is 20.0 Å². The molecule has 2 atom stereocenters. The first-order valence-corrected chi connectivity index (χ1v) is 8.84. The van der Waals surface area contributed by atoms with E-state index in [0.29, 0.717) is 24.7 Å². The third kappa shape index (κ3) is 4.85. The summed E-state index contributed by atoms with van der Waals surface area (Å²) in [6, 6.07) is 2.24. The molecule has 1 aliphatic rings. The molecule has 1 saturated heterocycles. The van der Waals surface area contributed by atoms with E-state index >= 15 is 0 Å². The highest BCUT2D eigenvalue weighted by Gasteiger charge is 2.33. The van der Waals surface area contributed by atoms with Crippen LogP contribution >= 0.6 is 0 Å². The van der Waals surface area contributed by atoms with Crippen LogP contribution in [0.1, 0.15) is 30.3 Å². The molecule has 2 aromatic heterocycles. The molecule has 0 bridgehead atoms. The van der Waals surface area contributed by atoms with Crippen molar-refractivity contribution in [2.24, 2.45) is 7.05 Å². The molecule has 1 fully saturated rings. The van der Waals surface area contributed by atoms with Gasteiger partial charge in [0.25, 0.3) is 0 Å². The lowest BCUT2D eigenvalue weighted by Gasteiger charge is -2.28. The maximum absolute atomic E-state index is 14.0. The Morgan fingerprint density at radius 1 is 1.44 bits per heavy atom. The second-order valence-electron chi connectivity index (χ2n) is 6.96. The average molecular weight is 350 g/mol. The first-order valence-electron chi connectivity index (χ1n) is 8.84. The number of likely N-dealkylation sites (N-methyl/N-ethyl adjacent to an activating group) is 1. The second kappa shape index (κ2) is 8.05. The molecule has 1 aliphatic heterocycles. The molecule has 3 heterocycles. The summed E-state index contributed by atoms with van der Waals surface area (Å²) in [6.07, 6.45) is 3.38. The highest BCUT2D eigenvalue weighted by atomic mass is 19.1. The molecule has 138 valence electrons. The van der Waals surface area contributed by atoms with E-state index in [1.54, 1.807) is 6.20 Å². The van der Waals surface area contributed by atoms with Crippen LogP contribution in [0.15, 0.2) is 16.8 Å². The van der Waals surface area contributed by atoms with Gasteiger partial charge in [0.2, 0.25) is 5.89 Å². The molecule has 0 radical (unpaired) electrons. The number of aromatic nitrogens is 4. The lowest BCUT2D eigenvalue weighted by atomic mass is 10.2. The Labute approximate surface area is 147 Å². The molecular weight excluding hydrogens is 323 g/mol. The van der Waals surface area contributed by atoms with Gasteiger partial charge in [-0.1, -0.05) is 5.16 Å². The third-order valence-electron chi connectivity index (χ3n) is 4.79. The van der Waals surface area contributed by atoms with Crippen LogP contribution < -0.4 is 0 Å². The molecule has 0 N–H and O–H groups in total. The van der Waals surface area contributed by atoms with Gasteiger partial charge in [0.1, 0.15) is 6.17 Å². The van der Waals surface area contributed by atoms with Gasteiger partial charge in [-0.2, -0.15) is 10.1 Å². The number of hydrogen-bond acceptors (Lipinski definition) is 6. The summed E-state index contributed by atoms with van der Waals surface area (Å²) in [5.41, 5.74) is 1.12. The smallest absolute Gasteiger partial charge is 0.226 e. The Morgan fingerprint density at radius 2 is 2.28 bits per heavy atom. The molecule has 8 heteroatoms. The summed E-state index contributed by atoms with van der Waals surface area (Å²) in [5, 5.41) is 8.00. The first kappa shape index (κ1) is 18.0. The van der Waals surface area contributed by atoms with Crippen molar-refractivity contribution >= 4 is 0 Å². The lowest BCUT2D eigenvalue weighted by Crippen LogP contribution is -2.39. The second-order valence-corrected chi connectivity index (χ2v) is 6.96. The number of nitrogens with zero attached hydrogens (tertiary/aromatic N) is 6. The van der Waals surface area contributed by atoms with Crippen LogP contribution in [0.2, 0.25) is 0 Å². The quantitative estimate of drug-likeness (QED) is 0.720. The van der Waals surface area contributed by atoms with Gasteiger partial charge >= 0.3 is 0 Å². The van der Waals surface area contributed by atoms with Crippen LogP contribution in [0.25, 0.3) is 0 Å². The Kier molecular flexibility index (Phi) is 5.80. The Hall–Kier alpha value is -1.80. The molecular formula is C17H27FN6O. The first-order chi connectivity index (χ1) is 12.0. The molecule has 2 aromatic rings. The summed E-state index contributed by atoms with van der Waals surface area (Å²) in [6.45, 7) is 4.86. The molecule has 0 saturated carbocycles. The maximum Gasteiger partial charge on any atom is 0.226 e. The number of rotatable bonds is 8. The number of alkyl halides is 1. The van der Waals surface area contributed by atoms with Gasteiger partial charge < -0.3 is 9.42 Å². The summed E-state index contributed by atoms with van der Waals surface area (Å²) in [4.78, 5) is 8.72. The number of halogens is 1. The van der Waals surface area contributed by atoms with Gasteiger partial charge in [-0.3, -0.25) is 9.58 Å². The van der Waals surface area contributed by atoms with Crippen molar-refractivity contribution in [1.29, 1.82) is 0 Å². The molecule has 0 spiro atoms. The average Bonchev–Trinajstić information content (AvgIpc) is 3.23. The van der Waals surface area contributed by atoms with Gasteiger partial charge in [-0.15, -0.1) is 0 Å². The molecule has 0 aliphatic carbocycles. The molecule has 25 heavy (non-hydrogen) atoms. The summed E-state index contributed by atoms with van der Waals surface area (Å²) in [7, 11) is 4.02. The monoisotopic (exact) mass is 350 g/mol. The van der Waals surface area contributed by atoms with Crippen molar-refractivity contribution in [3.05, 3.63) is 29.7 Å². The van der Waals surface area contributed by atoms with Crippen molar-refractivity contribution < 1.29 is 8.91 Å². The summed E-state index contributed by atoms with van der Waals surface area (Å²) < 4.78 is 21.0. The fourth-order valence-corrected chi connectivity index (χ4v) is 3.46. The minimum atomic E-state index is -0.743. The van der Waals surface area contributed by atoms with E-state index in [4.69, 9.17) is 4.52 Å². The zero-order chi connectivity index (χ0) is 17.8. The number of aryl methyl sites for hydroxylation is 3. The predicted molar refractivity (Wildman–Crippen MR) is 91.8 cm³/mol. The van der Waals surface area contributed by atoms with Crippen molar-refractivity contribution in [3.8, 4) is 0 Å². The third-order valence-corrected chi connectivity index (χ3v) is 4.79. The van der Waals surface area contributed by atoms with E-state index < -0.39 is 6.17 Å². The van der Waals surface area contributed by atoms with Crippen molar-refractivity contribution in [1.82, 2.24) is 29.7 Å². The molecule has 0 amide bonds. The summed E-state index contributed by atoms with van der Waals surface area (Å²) >= 11 is 0. The Balaban J connectivity index is 1.46. The zero-order valence-corrected chi connectivity index (χ0v) is 15.2. The number of likely N-dealkylation sites (tertiary alicyclic amines) is 1. The van der Waals surface area contributed by atoms with E-state index in [9.17, 15) is 4.39 Å². The minimum Gasteiger partial charge on any atom is -0.339 e. The van der Waals surface area contributed by atoms with Crippen LogP contribution in [-0.4, -0.2) is 68.6 Å². The van der Waals surface area contributed by atoms with E-state index in [-0.39, 0.29) is 6.04 Å². The van der Waals surface area contributed by atoms with Crippen molar-refractivity contribution in [2.75, 3.05) is 26.7 Å². The van der Waals surface area contributed by atoms with Gasteiger partial charge in [-0.05, 0) is 39.4 Å². The summed E-state index contributed by atoms with van der Waals surface area (Å²) in [5.74, 6) is 1.36. The molecule has 3 rings (SSSR count). The topological polar surface area (TPSA) is 63.2 Å². The van der Waals surface area contributed by atoms with Gasteiger partial charge in [-0.25, -0.2) is 4.39 Å². The minimum absolute atomic E-state index is 0.237. The fraction of sp³-hybridized carbons (Fsp3) is 0.706. The van der Waals surface area contributed by atoms with Crippen LogP contribution in [0.4, 0.5) is 4.39 Å². The van der Waals surface area contributed by atoms with Crippen LogP contribution in [0.3, 0.4) is 0 Å². The van der Waals surface area contributed by atoms with E-state index in [0.717, 1.165) is 38.2 Å². The largest absolute Gasteiger partial charge is 0.339 e. The van der Waals surface area contributed by atoms with Gasteiger partial charge in [0.15, 0.2) is 5.82 Å². The predicted octanol–water partition coefficient (Wildman–Crippen LogP) is 1.59. The highest BCUT2D eigenvalue weighted by Crippen LogP contribution is 2.23. The van der Waals surface area contributed by atoms with Gasteiger partial charge in [0.05, 0.1) is 5.69 Å². The van der Waals surface area contributed by atoms with E-state index in [1.165, 1.54) is 0 Å². The Morgan fingerprint density at radius 3 is 2.96 bits per heavy atom. The van der Waals surface area contributed by atoms with E-state index in [2.05, 4.69) is 32.1 Å². The van der Waals surface area contributed by atoms with Crippen molar-refractivity contribution in [2.45, 2.75) is 44.9 Å². The fourth-order valence-electron chi connectivity index (χ4n) is 3.46. The Bertz CT molecular complexity index is 672. The van der Waals surface area contributed by atoms with Crippen molar-refractivity contribution in [3.63, 3.8) is 0 Å². The van der Waals surface area contributed by atoms with Crippen LogP contribution in [0, 0.1) is 6.92 Å².